The predicted octanol–water partition coefficient (Wildman–Crippen LogP) is 2.82. The Morgan fingerprint density at radius 2 is 1.81 bits per heavy atom. The van der Waals surface area contributed by atoms with Gasteiger partial charge in [0, 0.05) is 13.1 Å². The number of ether oxygens (including phenoxy) is 1. The number of halogens is 3. The zero-order valence-electron chi connectivity index (χ0n) is 15.1. The van der Waals surface area contributed by atoms with E-state index in [0.29, 0.717) is 24.6 Å². The van der Waals surface area contributed by atoms with Crippen molar-refractivity contribution in [1.29, 1.82) is 0 Å². The molecule has 1 aliphatic rings. The molecule has 0 bridgehead atoms. The number of hydrogen-bond acceptors (Lipinski definition) is 4. The minimum atomic E-state index is -4.78. The zero-order valence-corrected chi connectivity index (χ0v) is 15.9. The number of rotatable bonds is 6. The van der Waals surface area contributed by atoms with Crippen molar-refractivity contribution in [2.45, 2.75) is 39.1 Å². The summed E-state index contributed by atoms with van der Waals surface area (Å²) in [7, 11) is -3.68. The fourth-order valence-corrected chi connectivity index (χ4v) is 4.21. The second-order valence-electron chi connectivity index (χ2n) is 6.74. The smallest absolute Gasteiger partial charge is 0.406 e. The van der Waals surface area contributed by atoms with Gasteiger partial charge >= 0.3 is 6.36 Å². The van der Waals surface area contributed by atoms with Gasteiger partial charge in [-0.15, -0.1) is 13.2 Å². The third-order valence-corrected chi connectivity index (χ3v) is 6.22. The van der Waals surface area contributed by atoms with Crippen LogP contribution in [0.2, 0.25) is 0 Å². The molecule has 0 aromatic heterocycles. The van der Waals surface area contributed by atoms with Crippen LogP contribution in [-0.4, -0.2) is 43.8 Å². The van der Waals surface area contributed by atoms with Crippen molar-refractivity contribution in [2.75, 3.05) is 18.8 Å². The number of hydrogen-bond donors (Lipinski definition) is 1. The summed E-state index contributed by atoms with van der Waals surface area (Å²) >= 11 is 0. The largest absolute Gasteiger partial charge is 0.573 e. The predicted molar refractivity (Wildman–Crippen MR) is 93.4 cm³/mol. The van der Waals surface area contributed by atoms with Gasteiger partial charge in [-0.25, -0.2) is 12.7 Å². The van der Waals surface area contributed by atoms with Crippen molar-refractivity contribution in [3.8, 4) is 5.75 Å². The van der Waals surface area contributed by atoms with Crippen LogP contribution in [0.15, 0.2) is 24.3 Å². The van der Waals surface area contributed by atoms with E-state index in [4.69, 9.17) is 0 Å². The van der Waals surface area contributed by atoms with Crippen LogP contribution in [0.3, 0.4) is 0 Å². The monoisotopic (exact) mass is 408 g/mol. The Kier molecular flexibility index (Phi) is 6.74. The third-order valence-electron chi connectivity index (χ3n) is 4.44. The van der Waals surface area contributed by atoms with E-state index in [1.165, 1.54) is 16.4 Å². The lowest BCUT2D eigenvalue weighted by Crippen LogP contribution is -2.43. The van der Waals surface area contributed by atoms with Gasteiger partial charge in [-0.05, 0) is 43.4 Å². The van der Waals surface area contributed by atoms with Gasteiger partial charge in [-0.2, -0.15) is 0 Å². The number of nitrogens with zero attached hydrogens (tertiary/aromatic N) is 1. The molecule has 1 atom stereocenters. The molecule has 27 heavy (non-hydrogen) atoms. The van der Waals surface area contributed by atoms with Gasteiger partial charge in [0.25, 0.3) is 0 Å². The van der Waals surface area contributed by atoms with Gasteiger partial charge in [0.05, 0.1) is 6.04 Å². The summed E-state index contributed by atoms with van der Waals surface area (Å²) in [5.74, 6) is -1.21. The summed E-state index contributed by atoms with van der Waals surface area (Å²) in [5, 5.41) is 2.56. The molecule has 1 aromatic carbocycles. The highest BCUT2D eigenvalue weighted by Crippen LogP contribution is 2.24. The topological polar surface area (TPSA) is 75.7 Å². The summed E-state index contributed by atoms with van der Waals surface area (Å²) in [6.45, 7) is 4.50. The Morgan fingerprint density at radius 1 is 1.26 bits per heavy atom. The number of carbonyl (C=O) groups is 1. The standard InChI is InChI=1S/C17H23F3N2O4S/c1-12-7-9-22(10-8-12)27(24,25)11-16(23)21-13(2)14-3-5-15(6-4-14)26-17(18,19)20/h3-6,12-13H,7-11H2,1-2H3,(H,21,23). The van der Waals surface area contributed by atoms with Gasteiger partial charge in [0.2, 0.25) is 15.9 Å². The highest BCUT2D eigenvalue weighted by molar-refractivity contribution is 7.89. The Labute approximate surface area is 156 Å². The molecule has 1 fully saturated rings. The second-order valence-corrected chi connectivity index (χ2v) is 8.71. The Balaban J connectivity index is 1.91. The molecule has 10 heteroatoms. The van der Waals surface area contributed by atoms with Crippen LogP contribution in [0.5, 0.6) is 5.75 Å². The number of sulfonamides is 1. The van der Waals surface area contributed by atoms with Crippen molar-refractivity contribution >= 4 is 15.9 Å². The second kappa shape index (κ2) is 8.47. The number of benzene rings is 1. The molecule has 1 heterocycles. The zero-order chi connectivity index (χ0) is 20.2. The minimum Gasteiger partial charge on any atom is -0.406 e. The Morgan fingerprint density at radius 3 is 2.33 bits per heavy atom. The SMILES string of the molecule is CC1CCN(S(=O)(=O)CC(=O)NC(C)c2ccc(OC(F)(F)F)cc2)CC1. The van der Waals surface area contributed by atoms with Crippen molar-refractivity contribution in [3.63, 3.8) is 0 Å². The molecule has 6 nitrogen and oxygen atoms in total. The molecule has 0 saturated carbocycles. The molecule has 1 unspecified atom stereocenters. The lowest BCUT2D eigenvalue weighted by atomic mass is 10.0. The van der Waals surface area contributed by atoms with E-state index in [0.717, 1.165) is 25.0 Å². The van der Waals surface area contributed by atoms with Gasteiger partial charge < -0.3 is 10.1 Å². The number of alkyl halides is 3. The van der Waals surface area contributed by atoms with E-state index < -0.39 is 34.1 Å². The summed E-state index contributed by atoms with van der Waals surface area (Å²) in [6.07, 6.45) is -3.24. The molecular weight excluding hydrogens is 385 g/mol. The number of amides is 1. The maximum absolute atomic E-state index is 12.3. The quantitative estimate of drug-likeness (QED) is 0.786. The third kappa shape index (κ3) is 6.69. The Hall–Kier alpha value is -1.81. The van der Waals surface area contributed by atoms with E-state index in [1.807, 2.05) is 0 Å². The van der Waals surface area contributed by atoms with Crippen molar-refractivity contribution in [2.24, 2.45) is 5.92 Å². The van der Waals surface area contributed by atoms with Gasteiger partial charge in [-0.3, -0.25) is 4.79 Å². The van der Waals surface area contributed by atoms with Crippen LogP contribution in [-0.2, 0) is 14.8 Å². The van der Waals surface area contributed by atoms with Gasteiger partial charge in [0.15, 0.2) is 0 Å². The Bertz CT molecular complexity index is 742. The summed E-state index contributed by atoms with van der Waals surface area (Å²) in [4.78, 5) is 12.1. The van der Waals surface area contributed by atoms with Crippen molar-refractivity contribution < 1.29 is 31.1 Å². The molecular formula is C17H23F3N2O4S. The molecule has 1 aliphatic heterocycles. The van der Waals surface area contributed by atoms with Gasteiger partial charge in [-0.1, -0.05) is 19.1 Å². The molecule has 1 aromatic rings. The van der Waals surface area contributed by atoms with Gasteiger partial charge in [0.1, 0.15) is 11.5 Å². The fraction of sp³-hybridized carbons (Fsp3) is 0.588. The highest BCUT2D eigenvalue weighted by atomic mass is 32.2. The number of nitrogens with one attached hydrogen (secondary N) is 1. The molecule has 0 aliphatic carbocycles. The van der Waals surface area contributed by atoms with E-state index in [2.05, 4.69) is 17.0 Å². The van der Waals surface area contributed by atoms with Crippen molar-refractivity contribution in [3.05, 3.63) is 29.8 Å². The maximum atomic E-state index is 12.3. The molecule has 152 valence electrons. The lowest BCUT2D eigenvalue weighted by Gasteiger charge is -2.29. The molecule has 0 radical (unpaired) electrons. The maximum Gasteiger partial charge on any atom is 0.573 e. The lowest BCUT2D eigenvalue weighted by molar-refractivity contribution is -0.274. The highest BCUT2D eigenvalue weighted by Gasteiger charge is 2.31. The van der Waals surface area contributed by atoms with E-state index in [9.17, 15) is 26.4 Å². The molecule has 1 saturated heterocycles. The van der Waals surface area contributed by atoms with Crippen LogP contribution in [0.25, 0.3) is 0 Å². The first kappa shape index (κ1) is 21.5. The van der Waals surface area contributed by atoms with Crippen molar-refractivity contribution in [1.82, 2.24) is 9.62 Å². The first-order valence-electron chi connectivity index (χ1n) is 8.59. The summed E-state index contributed by atoms with van der Waals surface area (Å²) < 4.78 is 66.3. The van der Waals surface area contributed by atoms with Crippen LogP contribution < -0.4 is 10.1 Å². The van der Waals surface area contributed by atoms with E-state index in [1.54, 1.807) is 6.92 Å². The molecule has 0 spiro atoms. The molecule has 1 N–H and O–H groups in total. The van der Waals surface area contributed by atoms with Crippen LogP contribution in [0, 0.1) is 5.92 Å². The average Bonchev–Trinajstić information content (AvgIpc) is 2.53. The van der Waals surface area contributed by atoms with E-state index >= 15 is 0 Å². The summed E-state index contributed by atoms with van der Waals surface area (Å²) in [5.41, 5.74) is 0.530. The van der Waals surface area contributed by atoms with Crippen LogP contribution >= 0.6 is 0 Å². The molecule has 2 rings (SSSR count). The summed E-state index contributed by atoms with van der Waals surface area (Å²) in [6, 6.07) is 4.47. The van der Waals surface area contributed by atoms with Crippen LogP contribution in [0.1, 0.15) is 38.3 Å². The first-order chi connectivity index (χ1) is 12.5. The normalized spacial score (nSPS) is 18.1. The van der Waals surface area contributed by atoms with E-state index in [-0.39, 0.29) is 5.75 Å². The number of carbonyl (C=O) groups excluding carboxylic acids is 1. The average molecular weight is 408 g/mol. The fourth-order valence-electron chi connectivity index (χ4n) is 2.84. The first-order valence-corrected chi connectivity index (χ1v) is 10.2. The minimum absolute atomic E-state index is 0.369. The number of piperidine rings is 1. The molecule has 1 amide bonds. The van der Waals surface area contributed by atoms with Crippen LogP contribution in [0.4, 0.5) is 13.2 Å².